The Morgan fingerprint density at radius 2 is 1.79 bits per heavy atom. The molecule has 0 N–H and O–H groups in total. The van der Waals surface area contributed by atoms with Crippen molar-refractivity contribution < 1.29 is 4.79 Å². The zero-order valence-electron chi connectivity index (χ0n) is 15.7. The molecule has 28 heavy (non-hydrogen) atoms. The van der Waals surface area contributed by atoms with E-state index in [-0.39, 0.29) is 18.3 Å². The predicted octanol–water partition coefficient (Wildman–Crippen LogP) is 6.23. The first-order valence-electron chi connectivity index (χ1n) is 8.88. The molecule has 8 heteroatoms. The summed E-state index contributed by atoms with van der Waals surface area (Å²) in [5, 5.41) is 0.732. The van der Waals surface area contributed by atoms with Crippen molar-refractivity contribution >= 4 is 76.9 Å². The summed E-state index contributed by atoms with van der Waals surface area (Å²) in [5.41, 5.74) is 1.56. The summed E-state index contributed by atoms with van der Waals surface area (Å²) in [6, 6.07) is 13.5. The van der Waals surface area contributed by atoms with Gasteiger partial charge in [0.2, 0.25) is 0 Å². The zero-order chi connectivity index (χ0) is 19.4. The summed E-state index contributed by atoms with van der Waals surface area (Å²) < 4.78 is 2.87. The minimum atomic E-state index is -0.0345. The van der Waals surface area contributed by atoms with Crippen molar-refractivity contribution in [2.45, 2.75) is 13.8 Å². The second-order valence-corrected chi connectivity index (χ2v) is 8.85. The SMILES string of the molecule is CCN(CC)CCN(C(=O)c1ccccc1Br)c1nc2ccc(Br)cc2s1.Cl. The van der Waals surface area contributed by atoms with Gasteiger partial charge in [-0.15, -0.1) is 12.4 Å². The fourth-order valence-corrected chi connectivity index (χ4v) is 4.84. The van der Waals surface area contributed by atoms with Gasteiger partial charge in [-0.3, -0.25) is 9.69 Å². The van der Waals surface area contributed by atoms with E-state index in [4.69, 9.17) is 4.98 Å². The Bertz CT molecular complexity index is 946. The van der Waals surface area contributed by atoms with E-state index < -0.39 is 0 Å². The normalized spacial score (nSPS) is 10.9. The average Bonchev–Trinajstić information content (AvgIpc) is 3.08. The lowest BCUT2D eigenvalue weighted by molar-refractivity contribution is 0.0983. The molecule has 0 aliphatic carbocycles. The van der Waals surface area contributed by atoms with E-state index in [0.717, 1.165) is 43.9 Å². The number of amides is 1. The van der Waals surface area contributed by atoms with Crippen LogP contribution in [0.2, 0.25) is 0 Å². The van der Waals surface area contributed by atoms with Crippen LogP contribution in [0.1, 0.15) is 24.2 Å². The number of benzene rings is 2. The Balaban J connectivity index is 0.00000280. The number of anilines is 1. The number of hydrogen-bond acceptors (Lipinski definition) is 4. The second-order valence-electron chi connectivity index (χ2n) is 6.07. The molecule has 0 radical (unpaired) electrons. The van der Waals surface area contributed by atoms with Gasteiger partial charge in [-0.1, -0.05) is 53.2 Å². The molecule has 0 saturated carbocycles. The molecule has 0 aliphatic rings. The molecule has 0 bridgehead atoms. The first-order chi connectivity index (χ1) is 13.0. The third-order valence-corrected chi connectivity index (χ3v) is 6.68. The smallest absolute Gasteiger partial charge is 0.261 e. The second kappa shape index (κ2) is 10.7. The predicted molar refractivity (Wildman–Crippen MR) is 128 cm³/mol. The van der Waals surface area contributed by atoms with Crippen LogP contribution in [-0.4, -0.2) is 42.0 Å². The molecule has 0 atom stereocenters. The Kier molecular flexibility index (Phi) is 8.89. The Labute approximate surface area is 192 Å². The van der Waals surface area contributed by atoms with Crippen molar-refractivity contribution in [2.75, 3.05) is 31.1 Å². The van der Waals surface area contributed by atoms with Crippen molar-refractivity contribution in [1.82, 2.24) is 9.88 Å². The number of carbonyl (C=O) groups excluding carboxylic acids is 1. The molecule has 3 rings (SSSR count). The summed E-state index contributed by atoms with van der Waals surface area (Å²) in [6.07, 6.45) is 0. The number of halogens is 3. The highest BCUT2D eigenvalue weighted by Crippen LogP contribution is 2.32. The quantitative estimate of drug-likeness (QED) is 0.352. The topological polar surface area (TPSA) is 36.4 Å². The molecule has 0 saturated heterocycles. The molecule has 0 aliphatic heterocycles. The largest absolute Gasteiger partial charge is 0.302 e. The molecule has 4 nitrogen and oxygen atoms in total. The van der Waals surface area contributed by atoms with E-state index in [1.807, 2.05) is 42.5 Å². The van der Waals surface area contributed by atoms with E-state index in [9.17, 15) is 4.79 Å². The molecule has 0 spiro atoms. The van der Waals surface area contributed by atoms with Gasteiger partial charge >= 0.3 is 0 Å². The van der Waals surface area contributed by atoms with E-state index in [0.29, 0.717) is 12.1 Å². The van der Waals surface area contributed by atoms with Crippen LogP contribution in [0.15, 0.2) is 51.4 Å². The van der Waals surface area contributed by atoms with Gasteiger partial charge in [-0.25, -0.2) is 4.98 Å². The van der Waals surface area contributed by atoms with Gasteiger partial charge in [0.1, 0.15) is 0 Å². The van der Waals surface area contributed by atoms with Crippen LogP contribution in [0.25, 0.3) is 10.2 Å². The summed E-state index contributed by atoms with van der Waals surface area (Å²) in [6.45, 7) is 7.60. The molecule has 1 heterocycles. The monoisotopic (exact) mass is 545 g/mol. The zero-order valence-corrected chi connectivity index (χ0v) is 20.5. The summed E-state index contributed by atoms with van der Waals surface area (Å²) in [5.74, 6) is -0.0345. The highest BCUT2D eigenvalue weighted by molar-refractivity contribution is 9.10. The van der Waals surface area contributed by atoms with Crippen LogP contribution in [-0.2, 0) is 0 Å². The molecular weight excluding hydrogens is 526 g/mol. The fourth-order valence-electron chi connectivity index (χ4n) is 2.85. The highest BCUT2D eigenvalue weighted by Gasteiger charge is 2.23. The van der Waals surface area contributed by atoms with E-state index in [1.165, 1.54) is 0 Å². The summed E-state index contributed by atoms with van der Waals surface area (Å²) in [7, 11) is 0. The molecule has 0 unspecified atom stereocenters. The van der Waals surface area contributed by atoms with E-state index in [1.54, 1.807) is 16.2 Å². The van der Waals surface area contributed by atoms with Crippen molar-refractivity contribution in [3.8, 4) is 0 Å². The average molecular weight is 548 g/mol. The van der Waals surface area contributed by atoms with Gasteiger partial charge in [0.05, 0.1) is 15.8 Å². The maximum absolute atomic E-state index is 13.3. The van der Waals surface area contributed by atoms with Crippen LogP contribution in [0.5, 0.6) is 0 Å². The number of thiazole rings is 1. The standard InChI is InChI=1S/C20H21Br2N3OS.ClH/c1-3-24(4-2)11-12-25(19(26)15-7-5-6-8-16(15)22)20-23-17-10-9-14(21)13-18(17)27-20;/h5-10,13H,3-4,11-12H2,1-2H3;1H. The number of aromatic nitrogens is 1. The Hall–Kier alpha value is -0.990. The first-order valence-corrected chi connectivity index (χ1v) is 11.3. The number of rotatable bonds is 7. The van der Waals surface area contributed by atoms with Crippen molar-refractivity contribution in [2.24, 2.45) is 0 Å². The molecule has 2 aromatic carbocycles. The summed E-state index contributed by atoms with van der Waals surface area (Å²) in [4.78, 5) is 22.2. The molecular formula is C20H22Br2ClN3OS. The van der Waals surface area contributed by atoms with Crippen molar-refractivity contribution in [3.05, 3.63) is 57.0 Å². The Morgan fingerprint density at radius 1 is 1.07 bits per heavy atom. The minimum absolute atomic E-state index is 0. The molecule has 3 aromatic rings. The maximum atomic E-state index is 13.3. The first kappa shape index (κ1) is 23.3. The third kappa shape index (κ3) is 5.33. The van der Waals surface area contributed by atoms with Crippen LogP contribution in [0.4, 0.5) is 5.13 Å². The molecule has 150 valence electrons. The third-order valence-electron chi connectivity index (χ3n) is 4.45. The lowest BCUT2D eigenvalue weighted by Gasteiger charge is -2.25. The summed E-state index contributed by atoms with van der Waals surface area (Å²) >= 11 is 8.56. The van der Waals surface area contributed by atoms with Gasteiger partial charge in [0.15, 0.2) is 5.13 Å². The van der Waals surface area contributed by atoms with Gasteiger partial charge in [0.25, 0.3) is 5.91 Å². The van der Waals surface area contributed by atoms with Crippen LogP contribution in [0.3, 0.4) is 0 Å². The number of nitrogens with zero attached hydrogens (tertiary/aromatic N) is 3. The van der Waals surface area contributed by atoms with E-state index >= 15 is 0 Å². The number of fused-ring (bicyclic) bond motifs is 1. The van der Waals surface area contributed by atoms with Gasteiger partial charge < -0.3 is 4.90 Å². The highest BCUT2D eigenvalue weighted by atomic mass is 79.9. The van der Waals surface area contributed by atoms with Crippen molar-refractivity contribution in [3.63, 3.8) is 0 Å². The number of hydrogen-bond donors (Lipinski definition) is 0. The molecule has 1 aromatic heterocycles. The maximum Gasteiger partial charge on any atom is 0.261 e. The van der Waals surface area contributed by atoms with Crippen LogP contribution >= 0.6 is 55.6 Å². The van der Waals surface area contributed by atoms with Crippen LogP contribution < -0.4 is 4.90 Å². The number of carbonyl (C=O) groups is 1. The van der Waals surface area contributed by atoms with E-state index in [2.05, 4.69) is 50.6 Å². The van der Waals surface area contributed by atoms with Gasteiger partial charge in [-0.05, 0) is 59.4 Å². The van der Waals surface area contributed by atoms with Gasteiger partial charge in [0, 0.05) is 22.0 Å². The molecule has 0 fully saturated rings. The minimum Gasteiger partial charge on any atom is -0.302 e. The molecule has 1 amide bonds. The Morgan fingerprint density at radius 3 is 2.46 bits per heavy atom. The van der Waals surface area contributed by atoms with Gasteiger partial charge in [-0.2, -0.15) is 0 Å². The van der Waals surface area contributed by atoms with Crippen molar-refractivity contribution in [1.29, 1.82) is 0 Å². The lowest BCUT2D eigenvalue weighted by Crippen LogP contribution is -2.39. The fraction of sp³-hybridized carbons (Fsp3) is 0.300. The van der Waals surface area contributed by atoms with Crippen LogP contribution in [0, 0.1) is 0 Å². The number of likely N-dealkylation sites (N-methyl/N-ethyl adjacent to an activating group) is 1. The lowest BCUT2D eigenvalue weighted by atomic mass is 10.2.